The molecule has 2 rings (SSSR count). The third-order valence-corrected chi connectivity index (χ3v) is 6.37. The lowest BCUT2D eigenvalue weighted by atomic mass is 10.0. The molecule has 5 nitrogen and oxygen atoms in total. The van der Waals surface area contributed by atoms with E-state index in [1.165, 1.54) is 15.6 Å². The summed E-state index contributed by atoms with van der Waals surface area (Å²) in [7, 11) is -3.52. The summed E-state index contributed by atoms with van der Waals surface area (Å²) in [6.45, 7) is 0.415. The quantitative estimate of drug-likeness (QED) is 0.916. The van der Waals surface area contributed by atoms with Crippen LogP contribution in [-0.4, -0.2) is 36.4 Å². The van der Waals surface area contributed by atoms with Crippen molar-refractivity contribution in [1.82, 2.24) is 4.31 Å². The maximum Gasteiger partial charge on any atom is 0.304 e. The average Bonchev–Trinajstić information content (AvgIpc) is 2.82. The van der Waals surface area contributed by atoms with Gasteiger partial charge < -0.3 is 5.11 Å². The Bertz CT molecular complexity index is 509. The minimum atomic E-state index is -3.52. The van der Waals surface area contributed by atoms with E-state index in [1.54, 1.807) is 17.5 Å². The number of nitrogens with zero attached hydrogens (tertiary/aromatic N) is 1. The molecular formula is C11H15NO4S2. The molecule has 1 fully saturated rings. The number of aliphatic carboxylic acids is 1. The number of carboxylic acid groups (broad SMARTS) is 1. The van der Waals surface area contributed by atoms with Crippen LogP contribution in [0.25, 0.3) is 0 Å². The molecule has 2 heterocycles. The van der Waals surface area contributed by atoms with Crippen molar-refractivity contribution >= 4 is 27.3 Å². The Morgan fingerprint density at radius 3 is 2.89 bits per heavy atom. The number of carbonyl (C=O) groups is 1. The summed E-state index contributed by atoms with van der Waals surface area (Å²) in [6, 6.07) is 2.84. The maximum atomic E-state index is 12.4. The van der Waals surface area contributed by atoms with Crippen LogP contribution in [0.2, 0.25) is 0 Å². The van der Waals surface area contributed by atoms with Crippen LogP contribution < -0.4 is 0 Å². The highest BCUT2D eigenvalue weighted by Crippen LogP contribution is 2.29. The largest absolute Gasteiger partial charge is 0.481 e. The molecular weight excluding hydrogens is 274 g/mol. The lowest BCUT2D eigenvalue weighted by Crippen LogP contribution is -2.44. The van der Waals surface area contributed by atoms with Crippen molar-refractivity contribution in [1.29, 1.82) is 0 Å². The standard InChI is InChI=1S/C11H15NO4S2/c13-10(14)8-9-4-1-2-6-12(9)18(15,16)11-5-3-7-17-11/h3,5,7,9H,1-2,4,6,8H2,(H,13,14)/t9-/m1/s1. The van der Waals surface area contributed by atoms with Crippen molar-refractivity contribution in [3.63, 3.8) is 0 Å². The first kappa shape index (κ1) is 13.5. The Kier molecular flexibility index (Phi) is 4.04. The van der Waals surface area contributed by atoms with Gasteiger partial charge in [-0.2, -0.15) is 4.31 Å². The van der Waals surface area contributed by atoms with Crippen LogP contribution in [0.3, 0.4) is 0 Å². The van der Waals surface area contributed by atoms with Crippen molar-refractivity contribution in [3.05, 3.63) is 17.5 Å². The number of piperidine rings is 1. The van der Waals surface area contributed by atoms with Crippen LogP contribution >= 0.6 is 11.3 Å². The molecule has 100 valence electrons. The van der Waals surface area contributed by atoms with Crippen molar-refractivity contribution in [3.8, 4) is 0 Å². The van der Waals surface area contributed by atoms with E-state index in [-0.39, 0.29) is 6.42 Å². The van der Waals surface area contributed by atoms with E-state index in [0.717, 1.165) is 12.8 Å². The predicted molar refractivity (Wildman–Crippen MR) is 68.1 cm³/mol. The molecule has 1 aliphatic heterocycles. The molecule has 0 amide bonds. The van der Waals surface area contributed by atoms with Crippen LogP contribution in [0.15, 0.2) is 21.7 Å². The van der Waals surface area contributed by atoms with Gasteiger partial charge in [0.05, 0.1) is 6.42 Å². The van der Waals surface area contributed by atoms with Gasteiger partial charge in [0.15, 0.2) is 0 Å². The number of rotatable bonds is 4. The van der Waals surface area contributed by atoms with Gasteiger partial charge >= 0.3 is 5.97 Å². The number of sulfonamides is 1. The molecule has 0 unspecified atom stereocenters. The minimum Gasteiger partial charge on any atom is -0.481 e. The highest BCUT2D eigenvalue weighted by molar-refractivity contribution is 7.91. The predicted octanol–water partition coefficient (Wildman–Crippen LogP) is 1.77. The van der Waals surface area contributed by atoms with E-state index in [1.807, 2.05) is 0 Å². The molecule has 18 heavy (non-hydrogen) atoms. The Labute approximate surface area is 110 Å². The van der Waals surface area contributed by atoms with Gasteiger partial charge in [-0.05, 0) is 24.3 Å². The Morgan fingerprint density at radius 2 is 2.28 bits per heavy atom. The minimum absolute atomic E-state index is 0.120. The molecule has 0 radical (unpaired) electrons. The second-order valence-corrected chi connectivity index (χ2v) is 7.36. The zero-order valence-electron chi connectivity index (χ0n) is 9.78. The Hall–Kier alpha value is -0.920. The van der Waals surface area contributed by atoms with Gasteiger partial charge in [-0.25, -0.2) is 8.42 Å². The molecule has 0 spiro atoms. The zero-order valence-corrected chi connectivity index (χ0v) is 11.4. The van der Waals surface area contributed by atoms with E-state index in [0.29, 0.717) is 17.2 Å². The Morgan fingerprint density at radius 1 is 1.50 bits per heavy atom. The van der Waals surface area contributed by atoms with Crippen LogP contribution in [-0.2, 0) is 14.8 Å². The fraction of sp³-hybridized carbons (Fsp3) is 0.545. The summed E-state index contributed by atoms with van der Waals surface area (Å²) >= 11 is 1.17. The van der Waals surface area contributed by atoms with Gasteiger partial charge in [0.1, 0.15) is 4.21 Å². The van der Waals surface area contributed by atoms with E-state index in [4.69, 9.17) is 5.11 Å². The van der Waals surface area contributed by atoms with E-state index in [2.05, 4.69) is 0 Å². The summed E-state index contributed by atoms with van der Waals surface area (Å²) in [5, 5.41) is 10.6. The van der Waals surface area contributed by atoms with Crippen LogP contribution in [0.1, 0.15) is 25.7 Å². The summed E-state index contributed by atoms with van der Waals surface area (Å²) in [5.74, 6) is -0.951. The molecule has 1 N–H and O–H groups in total. The number of thiophene rings is 1. The van der Waals surface area contributed by atoms with Gasteiger partial charge in [0.25, 0.3) is 10.0 Å². The van der Waals surface area contributed by atoms with E-state index < -0.39 is 22.0 Å². The molecule has 1 aliphatic rings. The Balaban J connectivity index is 2.26. The maximum absolute atomic E-state index is 12.4. The van der Waals surface area contributed by atoms with Crippen molar-refractivity contribution in [2.45, 2.75) is 35.9 Å². The number of hydrogen-bond acceptors (Lipinski definition) is 4. The summed E-state index contributed by atoms with van der Waals surface area (Å²) in [5.41, 5.74) is 0. The van der Waals surface area contributed by atoms with Crippen LogP contribution in [0.4, 0.5) is 0 Å². The highest BCUT2D eigenvalue weighted by atomic mass is 32.2. The lowest BCUT2D eigenvalue weighted by molar-refractivity contribution is -0.138. The summed E-state index contributed by atoms with van der Waals surface area (Å²) in [4.78, 5) is 10.8. The molecule has 0 aliphatic carbocycles. The average molecular weight is 289 g/mol. The first-order valence-electron chi connectivity index (χ1n) is 5.79. The highest BCUT2D eigenvalue weighted by Gasteiger charge is 2.34. The van der Waals surface area contributed by atoms with E-state index >= 15 is 0 Å². The molecule has 1 atom stereocenters. The van der Waals surface area contributed by atoms with Gasteiger partial charge in [-0.3, -0.25) is 4.79 Å². The fourth-order valence-electron chi connectivity index (χ4n) is 2.22. The molecule has 7 heteroatoms. The smallest absolute Gasteiger partial charge is 0.304 e. The summed E-state index contributed by atoms with van der Waals surface area (Å²) < 4.78 is 26.4. The van der Waals surface area contributed by atoms with Crippen molar-refractivity contribution in [2.24, 2.45) is 0 Å². The van der Waals surface area contributed by atoms with Crippen molar-refractivity contribution in [2.75, 3.05) is 6.54 Å². The van der Waals surface area contributed by atoms with Gasteiger partial charge in [-0.1, -0.05) is 12.5 Å². The van der Waals surface area contributed by atoms with Crippen molar-refractivity contribution < 1.29 is 18.3 Å². The van der Waals surface area contributed by atoms with Crippen LogP contribution in [0.5, 0.6) is 0 Å². The van der Waals surface area contributed by atoms with Gasteiger partial charge in [-0.15, -0.1) is 11.3 Å². The van der Waals surface area contributed by atoms with Gasteiger partial charge in [0, 0.05) is 12.6 Å². The van der Waals surface area contributed by atoms with Gasteiger partial charge in [0.2, 0.25) is 0 Å². The number of carboxylic acids is 1. The molecule has 0 saturated carbocycles. The lowest BCUT2D eigenvalue weighted by Gasteiger charge is -2.33. The SMILES string of the molecule is O=C(O)C[C@H]1CCCCN1S(=O)(=O)c1cccs1. The third-order valence-electron chi connectivity index (χ3n) is 3.04. The summed E-state index contributed by atoms with van der Waals surface area (Å²) in [6.07, 6.45) is 2.18. The normalized spacial score (nSPS) is 21.9. The van der Waals surface area contributed by atoms with Crippen LogP contribution in [0, 0.1) is 0 Å². The molecule has 1 saturated heterocycles. The van der Waals surface area contributed by atoms with E-state index in [9.17, 15) is 13.2 Å². The monoisotopic (exact) mass is 289 g/mol. The topological polar surface area (TPSA) is 74.7 Å². The fourth-order valence-corrected chi connectivity index (χ4v) is 5.03. The number of hydrogen-bond donors (Lipinski definition) is 1. The molecule has 0 aromatic carbocycles. The third kappa shape index (κ3) is 2.73. The second kappa shape index (κ2) is 5.38. The zero-order chi connectivity index (χ0) is 13.2. The second-order valence-electron chi connectivity index (χ2n) is 4.30. The first-order chi connectivity index (χ1) is 8.51. The molecule has 1 aromatic rings. The molecule has 0 bridgehead atoms. The first-order valence-corrected chi connectivity index (χ1v) is 8.11. The molecule has 1 aromatic heterocycles.